The van der Waals surface area contributed by atoms with Crippen LogP contribution >= 0.6 is 0 Å². The van der Waals surface area contributed by atoms with Crippen molar-refractivity contribution in [3.8, 4) is 0 Å². The second-order valence-electron chi connectivity index (χ2n) is 4.00. The van der Waals surface area contributed by atoms with Crippen LogP contribution in [0, 0.1) is 6.92 Å². The van der Waals surface area contributed by atoms with Crippen LogP contribution in [0.4, 0.5) is 5.69 Å². The quantitative estimate of drug-likeness (QED) is 0.773. The van der Waals surface area contributed by atoms with Gasteiger partial charge in [0.1, 0.15) is 0 Å². The van der Waals surface area contributed by atoms with E-state index in [9.17, 15) is 14.4 Å². The fourth-order valence-corrected chi connectivity index (χ4v) is 1.90. The number of nitrogens with zero attached hydrogens (tertiary/aromatic N) is 1. The molecule has 0 aliphatic carbocycles. The Labute approximate surface area is 97.7 Å². The normalized spacial score (nSPS) is 15.5. The number of aromatic carboxylic acids is 1. The molecule has 0 saturated carbocycles. The van der Waals surface area contributed by atoms with E-state index in [4.69, 9.17) is 5.11 Å². The van der Waals surface area contributed by atoms with Gasteiger partial charge in [0.05, 0.1) is 18.5 Å². The molecule has 88 valence electrons. The maximum atomic E-state index is 11.5. The summed E-state index contributed by atoms with van der Waals surface area (Å²) < 4.78 is 0. The molecule has 1 heterocycles. The molecule has 0 spiro atoms. The highest BCUT2D eigenvalue weighted by Crippen LogP contribution is 2.24. The molecular formula is C12H11NO4. The second kappa shape index (κ2) is 4.01. The van der Waals surface area contributed by atoms with Gasteiger partial charge in [-0.1, -0.05) is 0 Å². The minimum Gasteiger partial charge on any atom is -0.478 e. The van der Waals surface area contributed by atoms with Crippen molar-refractivity contribution in [1.29, 1.82) is 0 Å². The lowest BCUT2D eigenvalue weighted by Gasteiger charge is -2.17. The van der Waals surface area contributed by atoms with E-state index in [1.807, 2.05) is 0 Å². The van der Waals surface area contributed by atoms with Crippen LogP contribution in [-0.2, 0) is 9.59 Å². The summed E-state index contributed by atoms with van der Waals surface area (Å²) in [6, 6.07) is 4.49. The minimum atomic E-state index is -1.01. The van der Waals surface area contributed by atoms with Gasteiger partial charge in [-0.25, -0.2) is 4.79 Å². The van der Waals surface area contributed by atoms with Crippen LogP contribution < -0.4 is 4.90 Å². The first-order valence-corrected chi connectivity index (χ1v) is 5.15. The minimum absolute atomic E-state index is 0.0693. The third-order valence-corrected chi connectivity index (χ3v) is 2.72. The lowest BCUT2D eigenvalue weighted by molar-refractivity contribution is -0.121. The van der Waals surface area contributed by atoms with Gasteiger partial charge in [-0.3, -0.25) is 9.59 Å². The molecule has 5 heteroatoms. The number of Topliss-reactive ketones (excluding diaryl/α,β-unsaturated/α-hetero) is 1. The zero-order chi connectivity index (χ0) is 12.6. The molecule has 0 atom stereocenters. The van der Waals surface area contributed by atoms with Crippen LogP contribution in [0.1, 0.15) is 22.3 Å². The summed E-state index contributed by atoms with van der Waals surface area (Å²) >= 11 is 0. The van der Waals surface area contributed by atoms with E-state index in [2.05, 4.69) is 0 Å². The highest BCUT2D eigenvalue weighted by atomic mass is 16.4. The van der Waals surface area contributed by atoms with Crippen molar-refractivity contribution in [3.05, 3.63) is 29.3 Å². The molecule has 1 aliphatic rings. The number of ketones is 1. The van der Waals surface area contributed by atoms with Crippen molar-refractivity contribution in [2.75, 3.05) is 11.4 Å². The number of anilines is 1. The Morgan fingerprint density at radius 1 is 1.35 bits per heavy atom. The zero-order valence-electron chi connectivity index (χ0n) is 9.27. The van der Waals surface area contributed by atoms with Crippen molar-refractivity contribution in [1.82, 2.24) is 0 Å². The van der Waals surface area contributed by atoms with Gasteiger partial charge < -0.3 is 10.0 Å². The first-order valence-electron chi connectivity index (χ1n) is 5.15. The van der Waals surface area contributed by atoms with Crippen LogP contribution in [0.5, 0.6) is 0 Å². The second-order valence-corrected chi connectivity index (χ2v) is 4.00. The summed E-state index contributed by atoms with van der Waals surface area (Å²) in [5.74, 6) is -1.36. The highest BCUT2D eigenvalue weighted by molar-refractivity contribution is 6.15. The van der Waals surface area contributed by atoms with E-state index >= 15 is 0 Å². The summed E-state index contributed by atoms with van der Waals surface area (Å²) in [5.41, 5.74) is 1.45. The summed E-state index contributed by atoms with van der Waals surface area (Å²) in [7, 11) is 0. The Morgan fingerprint density at radius 2 is 2.06 bits per heavy atom. The van der Waals surface area contributed by atoms with Crippen LogP contribution in [0.25, 0.3) is 0 Å². The average Bonchev–Trinajstić information content (AvgIpc) is 2.57. The van der Waals surface area contributed by atoms with Crippen LogP contribution in [-0.4, -0.2) is 29.3 Å². The number of carbonyl (C=O) groups excluding carboxylic acids is 2. The number of carboxylic acid groups (broad SMARTS) is 1. The summed E-state index contributed by atoms with van der Waals surface area (Å²) in [4.78, 5) is 34.9. The zero-order valence-corrected chi connectivity index (χ0v) is 9.27. The molecule has 5 nitrogen and oxygen atoms in total. The average molecular weight is 233 g/mol. The van der Waals surface area contributed by atoms with Crippen molar-refractivity contribution in [3.63, 3.8) is 0 Å². The monoisotopic (exact) mass is 233 g/mol. The molecular weight excluding hydrogens is 222 g/mol. The van der Waals surface area contributed by atoms with Gasteiger partial charge in [-0.15, -0.1) is 0 Å². The predicted octanol–water partition coefficient (Wildman–Crippen LogP) is 0.999. The van der Waals surface area contributed by atoms with Gasteiger partial charge in [0.25, 0.3) is 0 Å². The molecule has 0 aromatic heterocycles. The van der Waals surface area contributed by atoms with Crippen LogP contribution in [0.2, 0.25) is 0 Å². The number of aryl methyl sites for hydroxylation is 1. The van der Waals surface area contributed by atoms with E-state index in [1.54, 1.807) is 13.0 Å². The third-order valence-electron chi connectivity index (χ3n) is 2.72. The maximum Gasteiger partial charge on any atom is 0.335 e. The Bertz CT molecular complexity index is 521. The van der Waals surface area contributed by atoms with E-state index in [0.29, 0.717) is 11.3 Å². The molecule has 0 unspecified atom stereocenters. The van der Waals surface area contributed by atoms with E-state index in [0.717, 1.165) is 0 Å². The molecule has 1 aromatic rings. The first-order chi connectivity index (χ1) is 7.99. The summed E-state index contributed by atoms with van der Waals surface area (Å²) in [6.45, 7) is 1.80. The summed E-state index contributed by atoms with van der Waals surface area (Å²) in [5, 5.41) is 8.82. The Balaban J connectivity index is 2.37. The molecule has 17 heavy (non-hydrogen) atoms. The number of amides is 1. The molecule has 1 amide bonds. The largest absolute Gasteiger partial charge is 0.478 e. The van der Waals surface area contributed by atoms with Crippen molar-refractivity contribution < 1.29 is 19.5 Å². The molecule has 1 saturated heterocycles. The molecule has 1 aromatic carbocycles. The number of carbonyl (C=O) groups is 3. The first kappa shape index (κ1) is 11.3. The van der Waals surface area contributed by atoms with Gasteiger partial charge >= 0.3 is 5.97 Å². The number of carboxylic acids is 1. The van der Waals surface area contributed by atoms with Gasteiger partial charge in [0.2, 0.25) is 5.91 Å². The van der Waals surface area contributed by atoms with Gasteiger partial charge in [-0.05, 0) is 30.7 Å². The molecule has 0 radical (unpaired) electrons. The predicted molar refractivity (Wildman–Crippen MR) is 60.1 cm³/mol. The van der Waals surface area contributed by atoms with E-state index < -0.39 is 5.97 Å². The highest BCUT2D eigenvalue weighted by Gasteiger charge is 2.29. The lowest BCUT2D eigenvalue weighted by atomic mass is 10.1. The lowest BCUT2D eigenvalue weighted by Crippen LogP contribution is -2.25. The molecule has 1 aliphatic heterocycles. The molecule has 1 N–H and O–H groups in total. The van der Waals surface area contributed by atoms with Crippen LogP contribution in [0.3, 0.4) is 0 Å². The Hall–Kier alpha value is -2.17. The number of rotatable bonds is 2. The molecule has 0 bridgehead atoms. The summed E-state index contributed by atoms with van der Waals surface area (Å²) in [6.07, 6.45) is -0.0693. The SMILES string of the molecule is Cc1cc(C(=O)O)ccc1N1CC(=O)CC1=O. The van der Waals surface area contributed by atoms with E-state index in [1.165, 1.54) is 17.0 Å². The number of hydrogen-bond acceptors (Lipinski definition) is 3. The van der Waals surface area contributed by atoms with Crippen LogP contribution in [0.15, 0.2) is 18.2 Å². The van der Waals surface area contributed by atoms with Crippen molar-refractivity contribution in [2.24, 2.45) is 0 Å². The van der Waals surface area contributed by atoms with Crippen molar-refractivity contribution >= 4 is 23.3 Å². The fraction of sp³-hybridized carbons (Fsp3) is 0.250. The maximum absolute atomic E-state index is 11.5. The molecule has 1 fully saturated rings. The Morgan fingerprint density at radius 3 is 2.53 bits per heavy atom. The van der Waals surface area contributed by atoms with Gasteiger partial charge in [-0.2, -0.15) is 0 Å². The van der Waals surface area contributed by atoms with E-state index in [-0.39, 0.29) is 30.2 Å². The third kappa shape index (κ3) is 2.04. The standard InChI is InChI=1S/C12H11NO4/c1-7-4-8(12(16)17)2-3-10(7)13-6-9(14)5-11(13)15/h2-4H,5-6H2,1H3,(H,16,17). The topological polar surface area (TPSA) is 74.7 Å². The fourth-order valence-electron chi connectivity index (χ4n) is 1.90. The van der Waals surface area contributed by atoms with Crippen molar-refractivity contribution in [2.45, 2.75) is 13.3 Å². The van der Waals surface area contributed by atoms with Gasteiger partial charge in [0.15, 0.2) is 5.78 Å². The smallest absolute Gasteiger partial charge is 0.335 e. The number of hydrogen-bond donors (Lipinski definition) is 1. The molecule has 2 rings (SSSR count). The van der Waals surface area contributed by atoms with Gasteiger partial charge in [0, 0.05) is 5.69 Å². The number of benzene rings is 1. The Kier molecular flexibility index (Phi) is 2.67.